The van der Waals surface area contributed by atoms with Crippen molar-refractivity contribution in [3.8, 4) is 5.75 Å². The Morgan fingerprint density at radius 1 is 1.05 bits per heavy atom. The molecule has 0 aliphatic heterocycles. The molecule has 2 rings (SSSR count). The van der Waals surface area contributed by atoms with Crippen LogP contribution in [-0.4, -0.2) is 13.7 Å². The topological polar surface area (TPSA) is 21.3 Å². The third-order valence-corrected chi connectivity index (χ3v) is 3.51. The van der Waals surface area contributed by atoms with Gasteiger partial charge in [0.1, 0.15) is 5.75 Å². The summed E-state index contributed by atoms with van der Waals surface area (Å²) in [5, 5.41) is 3.56. The van der Waals surface area contributed by atoms with E-state index in [1.165, 1.54) is 11.1 Å². The van der Waals surface area contributed by atoms with Gasteiger partial charge in [-0.1, -0.05) is 49.4 Å². The van der Waals surface area contributed by atoms with Crippen molar-refractivity contribution in [1.82, 2.24) is 5.32 Å². The van der Waals surface area contributed by atoms with Gasteiger partial charge in [0.2, 0.25) is 0 Å². The summed E-state index contributed by atoms with van der Waals surface area (Å²) in [6.45, 7) is 3.12. The van der Waals surface area contributed by atoms with Gasteiger partial charge in [0.25, 0.3) is 0 Å². The first kappa shape index (κ1) is 14.6. The van der Waals surface area contributed by atoms with Crippen LogP contribution >= 0.6 is 0 Å². The number of ether oxygens (including phenoxy) is 1. The summed E-state index contributed by atoms with van der Waals surface area (Å²) < 4.78 is 5.32. The molecule has 2 nitrogen and oxygen atoms in total. The minimum Gasteiger partial charge on any atom is -0.497 e. The Hall–Kier alpha value is -1.80. The van der Waals surface area contributed by atoms with E-state index < -0.39 is 0 Å². The van der Waals surface area contributed by atoms with E-state index in [0.717, 1.165) is 25.1 Å². The van der Waals surface area contributed by atoms with E-state index in [0.29, 0.717) is 6.04 Å². The van der Waals surface area contributed by atoms with E-state index in [1.54, 1.807) is 7.11 Å². The van der Waals surface area contributed by atoms with Crippen LogP contribution in [0.2, 0.25) is 0 Å². The largest absolute Gasteiger partial charge is 0.497 e. The van der Waals surface area contributed by atoms with Crippen LogP contribution in [0.1, 0.15) is 30.5 Å². The normalized spacial score (nSPS) is 12.1. The van der Waals surface area contributed by atoms with Gasteiger partial charge in [0.15, 0.2) is 0 Å². The lowest BCUT2D eigenvalue weighted by molar-refractivity contribution is 0.412. The molecule has 0 aromatic heterocycles. The molecule has 1 unspecified atom stereocenters. The summed E-state index contributed by atoms with van der Waals surface area (Å²) in [7, 11) is 1.71. The lowest BCUT2D eigenvalue weighted by atomic mass is 9.98. The molecular weight excluding hydrogens is 246 g/mol. The van der Waals surface area contributed by atoms with Gasteiger partial charge < -0.3 is 10.1 Å². The fourth-order valence-electron chi connectivity index (χ4n) is 2.45. The van der Waals surface area contributed by atoms with Crippen LogP contribution in [0.25, 0.3) is 0 Å². The molecule has 0 spiro atoms. The molecule has 2 aromatic carbocycles. The number of nitrogens with one attached hydrogen (secondary N) is 1. The van der Waals surface area contributed by atoms with Gasteiger partial charge in [0, 0.05) is 6.04 Å². The van der Waals surface area contributed by atoms with Crippen molar-refractivity contribution >= 4 is 0 Å². The molecule has 1 N–H and O–H groups in total. The lowest BCUT2D eigenvalue weighted by Gasteiger charge is -2.19. The second kappa shape index (κ2) is 7.71. The average Bonchev–Trinajstić information content (AvgIpc) is 2.52. The molecular formula is C18H23NO. The molecule has 1 atom stereocenters. The van der Waals surface area contributed by atoms with Gasteiger partial charge in [-0.15, -0.1) is 0 Å². The van der Waals surface area contributed by atoms with Crippen LogP contribution in [0.4, 0.5) is 0 Å². The first-order valence-electron chi connectivity index (χ1n) is 7.24. The molecule has 0 bridgehead atoms. The Morgan fingerprint density at radius 2 is 1.85 bits per heavy atom. The average molecular weight is 269 g/mol. The maximum absolute atomic E-state index is 5.32. The van der Waals surface area contributed by atoms with E-state index in [-0.39, 0.29) is 0 Å². The highest BCUT2D eigenvalue weighted by atomic mass is 16.5. The van der Waals surface area contributed by atoms with Gasteiger partial charge in [-0.3, -0.25) is 0 Å². The van der Waals surface area contributed by atoms with Crippen molar-refractivity contribution < 1.29 is 4.74 Å². The van der Waals surface area contributed by atoms with Crippen LogP contribution in [0.15, 0.2) is 54.6 Å². The fraction of sp³-hybridized carbons (Fsp3) is 0.333. The Labute approximate surface area is 121 Å². The maximum atomic E-state index is 5.32. The van der Waals surface area contributed by atoms with Crippen molar-refractivity contribution in [2.75, 3.05) is 13.7 Å². The minimum absolute atomic E-state index is 0.371. The molecule has 20 heavy (non-hydrogen) atoms. The summed E-state index contributed by atoms with van der Waals surface area (Å²) in [6, 6.07) is 19.3. The first-order valence-corrected chi connectivity index (χ1v) is 7.24. The summed E-state index contributed by atoms with van der Waals surface area (Å²) in [5.74, 6) is 0.921. The maximum Gasteiger partial charge on any atom is 0.119 e. The highest BCUT2D eigenvalue weighted by Crippen LogP contribution is 2.23. The molecule has 0 saturated heterocycles. The molecule has 106 valence electrons. The van der Waals surface area contributed by atoms with E-state index in [1.807, 2.05) is 6.07 Å². The Kier molecular flexibility index (Phi) is 5.63. The molecule has 0 heterocycles. The Morgan fingerprint density at radius 3 is 2.55 bits per heavy atom. The molecule has 2 aromatic rings. The van der Waals surface area contributed by atoms with Crippen LogP contribution in [0.5, 0.6) is 5.75 Å². The summed E-state index contributed by atoms with van der Waals surface area (Å²) in [5.41, 5.74) is 2.68. The Bertz CT molecular complexity index is 510. The number of benzene rings is 2. The molecule has 2 heteroatoms. The van der Waals surface area contributed by atoms with Crippen molar-refractivity contribution in [2.24, 2.45) is 0 Å². The van der Waals surface area contributed by atoms with Gasteiger partial charge in [-0.25, -0.2) is 0 Å². The van der Waals surface area contributed by atoms with Gasteiger partial charge >= 0.3 is 0 Å². The van der Waals surface area contributed by atoms with E-state index in [4.69, 9.17) is 4.74 Å². The highest BCUT2D eigenvalue weighted by molar-refractivity contribution is 5.30. The molecule has 0 radical (unpaired) electrons. The predicted molar refractivity (Wildman–Crippen MR) is 84.2 cm³/mol. The predicted octanol–water partition coefficient (Wildman–Crippen LogP) is 3.98. The summed E-state index contributed by atoms with van der Waals surface area (Å²) in [4.78, 5) is 0. The number of hydrogen-bond donors (Lipinski definition) is 1. The first-order chi connectivity index (χ1) is 9.83. The summed E-state index contributed by atoms with van der Waals surface area (Å²) >= 11 is 0. The zero-order chi connectivity index (χ0) is 14.2. The lowest BCUT2D eigenvalue weighted by Crippen LogP contribution is -2.21. The fourth-order valence-corrected chi connectivity index (χ4v) is 2.45. The second-order valence-corrected chi connectivity index (χ2v) is 4.91. The number of methoxy groups -OCH3 is 1. The molecule has 0 aliphatic rings. The van der Waals surface area contributed by atoms with Crippen molar-refractivity contribution in [3.63, 3.8) is 0 Å². The van der Waals surface area contributed by atoms with Crippen molar-refractivity contribution in [2.45, 2.75) is 25.8 Å². The molecule has 0 aliphatic carbocycles. The van der Waals surface area contributed by atoms with Crippen molar-refractivity contribution in [1.29, 1.82) is 0 Å². The smallest absolute Gasteiger partial charge is 0.119 e. The highest BCUT2D eigenvalue weighted by Gasteiger charge is 2.11. The van der Waals surface area contributed by atoms with E-state index >= 15 is 0 Å². The zero-order valence-electron chi connectivity index (χ0n) is 12.3. The van der Waals surface area contributed by atoms with Crippen LogP contribution in [0.3, 0.4) is 0 Å². The van der Waals surface area contributed by atoms with Crippen LogP contribution in [-0.2, 0) is 6.42 Å². The summed E-state index contributed by atoms with van der Waals surface area (Å²) in [6.07, 6.45) is 2.17. The molecule has 0 amide bonds. The van der Waals surface area contributed by atoms with Gasteiger partial charge in [0.05, 0.1) is 7.11 Å². The third-order valence-electron chi connectivity index (χ3n) is 3.51. The van der Waals surface area contributed by atoms with E-state index in [9.17, 15) is 0 Å². The Balaban J connectivity index is 2.06. The van der Waals surface area contributed by atoms with Crippen LogP contribution < -0.4 is 10.1 Å². The standard InChI is InChI=1S/C18H23NO/c1-3-19-18(13-12-15-8-5-4-6-9-15)16-10-7-11-17(14-16)20-2/h4-11,14,18-19H,3,12-13H2,1-2H3. The monoisotopic (exact) mass is 269 g/mol. The molecule has 0 saturated carbocycles. The zero-order valence-corrected chi connectivity index (χ0v) is 12.3. The molecule has 0 fully saturated rings. The SMILES string of the molecule is CCNC(CCc1ccccc1)c1cccc(OC)c1. The number of rotatable bonds is 7. The minimum atomic E-state index is 0.371. The van der Waals surface area contributed by atoms with Crippen molar-refractivity contribution in [3.05, 3.63) is 65.7 Å². The van der Waals surface area contributed by atoms with Crippen LogP contribution in [0, 0.1) is 0 Å². The van der Waals surface area contributed by atoms with Gasteiger partial charge in [-0.05, 0) is 42.6 Å². The van der Waals surface area contributed by atoms with Gasteiger partial charge in [-0.2, -0.15) is 0 Å². The quantitative estimate of drug-likeness (QED) is 0.821. The number of hydrogen-bond acceptors (Lipinski definition) is 2. The van der Waals surface area contributed by atoms with E-state index in [2.05, 4.69) is 60.8 Å². The second-order valence-electron chi connectivity index (χ2n) is 4.91. The third kappa shape index (κ3) is 4.10. The number of aryl methyl sites for hydroxylation is 1.